The van der Waals surface area contributed by atoms with Gasteiger partial charge in [0.15, 0.2) is 0 Å². The first kappa shape index (κ1) is 16.9. The van der Waals surface area contributed by atoms with Gasteiger partial charge < -0.3 is 0 Å². The molecule has 2 atom stereocenters. The predicted molar refractivity (Wildman–Crippen MR) is 92.2 cm³/mol. The minimum atomic E-state index is -0.615. The number of nitro benzene ring substituents is 1. The Hall–Kier alpha value is -1.95. The molecule has 128 valence electrons. The van der Waals surface area contributed by atoms with Gasteiger partial charge in [-0.25, -0.2) is 5.43 Å². The van der Waals surface area contributed by atoms with Crippen molar-refractivity contribution in [3.63, 3.8) is 0 Å². The van der Waals surface area contributed by atoms with Gasteiger partial charge in [0, 0.05) is 22.2 Å². The third-order valence-corrected chi connectivity index (χ3v) is 6.44. The largest absolute Gasteiger partial charge is 0.283 e. The van der Waals surface area contributed by atoms with Gasteiger partial charge in [0.05, 0.1) is 4.92 Å². The maximum atomic E-state index is 12.3. The number of hydrogen-bond acceptors (Lipinski definition) is 4. The molecular formula is C17H20ClN3O3. The molecular weight excluding hydrogens is 330 g/mol. The molecule has 2 fully saturated rings. The zero-order valence-corrected chi connectivity index (χ0v) is 14.7. The summed E-state index contributed by atoms with van der Waals surface area (Å²) < 4.78 is 0. The number of amides is 1. The summed E-state index contributed by atoms with van der Waals surface area (Å²) in [5, 5.41) is 15.7. The Morgan fingerprint density at radius 2 is 2.12 bits per heavy atom. The average Bonchev–Trinajstić information content (AvgIpc) is 2.85. The number of benzene rings is 1. The van der Waals surface area contributed by atoms with Crippen LogP contribution in [0.1, 0.15) is 50.4 Å². The van der Waals surface area contributed by atoms with E-state index in [1.54, 1.807) is 0 Å². The summed E-state index contributed by atoms with van der Waals surface area (Å²) in [6.07, 6.45) is 3.10. The standard InChI is InChI=1S/C17H20ClN3O3/c1-16(2)10-6-7-17(16,3)14(8-10)19-20-15(22)12-5-4-11(18)9-13(12)21(23)24/h4-5,9-10H,6-8H2,1-3H3,(H,20,22)/b19-14+/t10-,17-/m0/s1. The number of nitro groups is 1. The fraction of sp³-hybridized carbons (Fsp3) is 0.529. The minimum absolute atomic E-state index is 0.0309. The second-order valence-electron chi connectivity index (χ2n) is 7.41. The van der Waals surface area contributed by atoms with E-state index in [9.17, 15) is 14.9 Å². The Labute approximate surface area is 145 Å². The summed E-state index contributed by atoms with van der Waals surface area (Å²) >= 11 is 5.77. The van der Waals surface area contributed by atoms with Crippen molar-refractivity contribution < 1.29 is 9.72 Å². The first-order valence-corrected chi connectivity index (χ1v) is 8.36. The lowest BCUT2D eigenvalue weighted by Gasteiger charge is -2.34. The number of nitrogens with zero attached hydrogens (tertiary/aromatic N) is 2. The lowest BCUT2D eigenvalue weighted by molar-refractivity contribution is -0.385. The van der Waals surface area contributed by atoms with Crippen LogP contribution in [0.5, 0.6) is 0 Å². The third-order valence-electron chi connectivity index (χ3n) is 6.21. The average molecular weight is 350 g/mol. The summed E-state index contributed by atoms with van der Waals surface area (Å²) in [7, 11) is 0. The molecule has 6 nitrogen and oxygen atoms in total. The Kier molecular flexibility index (Phi) is 3.91. The summed E-state index contributed by atoms with van der Waals surface area (Å²) in [6, 6.07) is 3.98. The molecule has 7 heteroatoms. The molecule has 2 aliphatic rings. The first-order valence-electron chi connectivity index (χ1n) is 7.98. The molecule has 1 aromatic rings. The molecule has 0 radical (unpaired) electrons. The number of halogens is 1. The summed E-state index contributed by atoms with van der Waals surface area (Å²) in [6.45, 7) is 6.69. The number of rotatable bonds is 3. The van der Waals surface area contributed by atoms with E-state index >= 15 is 0 Å². The van der Waals surface area contributed by atoms with Crippen LogP contribution < -0.4 is 5.43 Å². The lowest BCUT2D eigenvalue weighted by atomic mass is 9.70. The van der Waals surface area contributed by atoms with E-state index < -0.39 is 10.8 Å². The van der Waals surface area contributed by atoms with Crippen molar-refractivity contribution in [1.29, 1.82) is 0 Å². The van der Waals surface area contributed by atoms with Gasteiger partial charge >= 0.3 is 0 Å². The smallest absolute Gasteiger partial charge is 0.267 e. The van der Waals surface area contributed by atoms with Gasteiger partial charge in [0.25, 0.3) is 11.6 Å². The fourth-order valence-corrected chi connectivity index (χ4v) is 4.29. The minimum Gasteiger partial charge on any atom is -0.267 e. The van der Waals surface area contributed by atoms with E-state index in [2.05, 4.69) is 31.3 Å². The van der Waals surface area contributed by atoms with Crippen LogP contribution >= 0.6 is 11.6 Å². The Bertz CT molecular complexity index is 759. The molecule has 0 heterocycles. The Morgan fingerprint density at radius 3 is 2.67 bits per heavy atom. The predicted octanol–water partition coefficient (Wildman–Crippen LogP) is 4.18. The van der Waals surface area contributed by atoms with Crippen LogP contribution in [0, 0.1) is 26.9 Å². The molecule has 2 saturated carbocycles. The maximum Gasteiger partial charge on any atom is 0.283 e. The van der Waals surface area contributed by atoms with Crippen molar-refractivity contribution in [2.45, 2.75) is 40.0 Å². The van der Waals surface area contributed by atoms with Gasteiger partial charge in [0.2, 0.25) is 0 Å². The van der Waals surface area contributed by atoms with Crippen molar-refractivity contribution in [2.75, 3.05) is 0 Å². The summed E-state index contributed by atoms with van der Waals surface area (Å²) in [5.41, 5.74) is 3.25. The highest BCUT2D eigenvalue weighted by atomic mass is 35.5. The van der Waals surface area contributed by atoms with Crippen LogP contribution in [0.15, 0.2) is 23.3 Å². The van der Waals surface area contributed by atoms with Crippen LogP contribution in [0.25, 0.3) is 0 Å². The third kappa shape index (κ3) is 2.40. The van der Waals surface area contributed by atoms with Crippen molar-refractivity contribution in [2.24, 2.45) is 21.8 Å². The molecule has 0 aliphatic heterocycles. The molecule has 0 saturated heterocycles. The van der Waals surface area contributed by atoms with Crippen LogP contribution in [0.4, 0.5) is 5.69 Å². The SMILES string of the molecule is CC1(C)[C@H]2CC[C@@]1(C)/C(=N/NC(=O)c1ccc(Cl)cc1[N+](=O)[O-])C2. The number of hydrogen-bond donors (Lipinski definition) is 1. The molecule has 0 unspecified atom stereocenters. The molecule has 2 bridgehead atoms. The lowest BCUT2D eigenvalue weighted by Crippen LogP contribution is -2.34. The fourth-order valence-electron chi connectivity index (χ4n) is 4.12. The van der Waals surface area contributed by atoms with Gasteiger partial charge in [-0.3, -0.25) is 14.9 Å². The second kappa shape index (κ2) is 5.55. The van der Waals surface area contributed by atoms with Gasteiger partial charge in [-0.2, -0.15) is 5.10 Å². The second-order valence-corrected chi connectivity index (χ2v) is 7.85. The van der Waals surface area contributed by atoms with E-state index in [0.717, 1.165) is 18.6 Å². The van der Waals surface area contributed by atoms with Gasteiger partial charge in [0.1, 0.15) is 5.56 Å². The van der Waals surface area contributed by atoms with Crippen molar-refractivity contribution in [3.05, 3.63) is 38.9 Å². The highest BCUT2D eigenvalue weighted by Gasteiger charge is 2.60. The molecule has 3 rings (SSSR count). The van der Waals surface area contributed by atoms with Crippen LogP contribution in [0.3, 0.4) is 0 Å². The topological polar surface area (TPSA) is 84.6 Å². The number of hydrazone groups is 1. The van der Waals surface area contributed by atoms with Crippen LogP contribution in [-0.2, 0) is 0 Å². The summed E-state index contributed by atoms with van der Waals surface area (Å²) in [4.78, 5) is 22.8. The van der Waals surface area contributed by atoms with E-state index in [-0.39, 0.29) is 27.1 Å². The zero-order valence-electron chi connectivity index (χ0n) is 13.9. The highest BCUT2D eigenvalue weighted by Crippen LogP contribution is 2.63. The molecule has 0 spiro atoms. The van der Waals surface area contributed by atoms with E-state index in [4.69, 9.17) is 11.6 Å². The quantitative estimate of drug-likeness (QED) is 0.656. The van der Waals surface area contributed by atoms with Crippen LogP contribution in [0.2, 0.25) is 5.02 Å². The zero-order chi connectivity index (χ0) is 17.7. The molecule has 0 aromatic heterocycles. The number of carbonyl (C=O) groups is 1. The van der Waals surface area contributed by atoms with E-state index in [1.807, 2.05) is 0 Å². The molecule has 2 aliphatic carbocycles. The Balaban J connectivity index is 1.84. The molecule has 24 heavy (non-hydrogen) atoms. The first-order chi connectivity index (χ1) is 11.2. The van der Waals surface area contributed by atoms with Crippen LogP contribution in [-0.4, -0.2) is 16.5 Å². The van der Waals surface area contributed by atoms with Gasteiger partial charge in [-0.1, -0.05) is 32.4 Å². The number of nitrogens with one attached hydrogen (secondary N) is 1. The monoisotopic (exact) mass is 349 g/mol. The van der Waals surface area contributed by atoms with Gasteiger partial charge in [-0.15, -0.1) is 0 Å². The number of carbonyl (C=O) groups excluding carboxylic acids is 1. The van der Waals surface area contributed by atoms with Crippen molar-refractivity contribution in [1.82, 2.24) is 5.43 Å². The summed E-state index contributed by atoms with van der Waals surface area (Å²) in [5.74, 6) is -0.0157. The maximum absolute atomic E-state index is 12.3. The normalized spacial score (nSPS) is 29.0. The van der Waals surface area contributed by atoms with Gasteiger partial charge in [-0.05, 0) is 42.7 Å². The number of fused-ring (bicyclic) bond motifs is 2. The molecule has 1 amide bonds. The molecule has 1 N–H and O–H groups in total. The Morgan fingerprint density at radius 1 is 1.42 bits per heavy atom. The van der Waals surface area contributed by atoms with E-state index in [0.29, 0.717) is 5.92 Å². The van der Waals surface area contributed by atoms with Crippen molar-refractivity contribution in [3.8, 4) is 0 Å². The van der Waals surface area contributed by atoms with E-state index in [1.165, 1.54) is 24.6 Å². The van der Waals surface area contributed by atoms with Crippen molar-refractivity contribution >= 4 is 28.9 Å². The highest BCUT2D eigenvalue weighted by molar-refractivity contribution is 6.31. The molecule has 1 aromatic carbocycles.